The van der Waals surface area contributed by atoms with Gasteiger partial charge in [0.25, 0.3) is 5.91 Å². The van der Waals surface area contributed by atoms with E-state index in [1.807, 2.05) is 11.0 Å². The molecule has 18 heavy (non-hydrogen) atoms. The quantitative estimate of drug-likeness (QED) is 0.666. The Morgan fingerprint density at radius 1 is 1.44 bits per heavy atom. The summed E-state index contributed by atoms with van der Waals surface area (Å²) in [6.45, 7) is 3.05. The van der Waals surface area contributed by atoms with Crippen LogP contribution in [0.5, 0.6) is 0 Å². The van der Waals surface area contributed by atoms with Crippen molar-refractivity contribution < 1.29 is 4.79 Å². The molecule has 2 aliphatic rings. The van der Waals surface area contributed by atoms with Gasteiger partial charge >= 0.3 is 0 Å². The third kappa shape index (κ3) is 2.22. The van der Waals surface area contributed by atoms with Crippen molar-refractivity contribution >= 4 is 44.4 Å². The van der Waals surface area contributed by atoms with Gasteiger partial charge in [-0.1, -0.05) is 28.8 Å². The van der Waals surface area contributed by atoms with Crippen molar-refractivity contribution in [3.63, 3.8) is 0 Å². The summed E-state index contributed by atoms with van der Waals surface area (Å²) < 4.78 is 2.12. The van der Waals surface area contributed by atoms with E-state index in [9.17, 15) is 4.79 Å². The highest BCUT2D eigenvalue weighted by Crippen LogP contribution is 2.39. The third-order valence-corrected chi connectivity index (χ3v) is 5.26. The third-order valence-electron chi connectivity index (χ3n) is 3.95. The molecule has 1 fully saturated rings. The van der Waals surface area contributed by atoms with E-state index in [2.05, 4.69) is 51.5 Å². The van der Waals surface area contributed by atoms with Crippen LogP contribution in [0, 0.1) is 9.49 Å². The van der Waals surface area contributed by atoms with E-state index >= 15 is 0 Å². The van der Waals surface area contributed by atoms with Gasteiger partial charge in [0.15, 0.2) is 0 Å². The van der Waals surface area contributed by atoms with E-state index in [1.165, 1.54) is 24.8 Å². The molecule has 0 spiro atoms. The first-order chi connectivity index (χ1) is 8.58. The molecule has 1 aliphatic carbocycles. The first-order valence-electron chi connectivity index (χ1n) is 6.38. The molecule has 0 radical (unpaired) electrons. The lowest BCUT2D eigenvalue weighted by Crippen LogP contribution is -2.28. The summed E-state index contributed by atoms with van der Waals surface area (Å²) in [5, 5.41) is 0. The van der Waals surface area contributed by atoms with Crippen LogP contribution < -0.4 is 0 Å². The molecular weight excluding hydrogens is 405 g/mol. The zero-order chi connectivity index (χ0) is 12.9. The SMILES string of the molecule is C[C@H]1c2cc(Br)cc(I)c2C(=O)N1CCC1CC1. The molecule has 0 N–H and O–H groups in total. The van der Waals surface area contributed by atoms with Crippen molar-refractivity contribution in [3.05, 3.63) is 31.3 Å². The largest absolute Gasteiger partial charge is 0.332 e. The van der Waals surface area contributed by atoms with Crippen molar-refractivity contribution in [3.8, 4) is 0 Å². The van der Waals surface area contributed by atoms with Crippen LogP contribution in [0.1, 0.15) is 48.1 Å². The molecule has 0 unspecified atom stereocenters. The molecule has 1 aromatic carbocycles. The predicted octanol–water partition coefficient (Wildman–Crippen LogP) is 4.37. The molecule has 1 aromatic rings. The number of fused-ring (bicyclic) bond motifs is 1. The van der Waals surface area contributed by atoms with Gasteiger partial charge in [0.1, 0.15) is 0 Å². The fraction of sp³-hybridized carbons (Fsp3) is 0.500. The molecule has 1 aliphatic heterocycles. The molecule has 96 valence electrons. The monoisotopic (exact) mass is 419 g/mol. The van der Waals surface area contributed by atoms with E-state index in [4.69, 9.17) is 0 Å². The smallest absolute Gasteiger partial charge is 0.255 e. The van der Waals surface area contributed by atoms with E-state index in [1.54, 1.807) is 0 Å². The van der Waals surface area contributed by atoms with E-state index in [0.29, 0.717) is 0 Å². The molecule has 0 saturated heterocycles. The second kappa shape index (κ2) is 4.78. The van der Waals surface area contributed by atoms with Crippen LogP contribution in [0.25, 0.3) is 0 Å². The number of hydrogen-bond donors (Lipinski definition) is 0. The van der Waals surface area contributed by atoms with Gasteiger partial charge in [-0.25, -0.2) is 0 Å². The summed E-state index contributed by atoms with van der Waals surface area (Å²) >= 11 is 5.78. The lowest BCUT2D eigenvalue weighted by Gasteiger charge is -2.21. The Kier molecular flexibility index (Phi) is 3.43. The zero-order valence-corrected chi connectivity index (χ0v) is 14.0. The highest BCUT2D eigenvalue weighted by molar-refractivity contribution is 14.1. The van der Waals surface area contributed by atoms with Crippen molar-refractivity contribution in [2.75, 3.05) is 6.54 Å². The molecule has 1 atom stereocenters. The van der Waals surface area contributed by atoms with Gasteiger partial charge < -0.3 is 4.90 Å². The first kappa shape index (κ1) is 12.9. The summed E-state index contributed by atoms with van der Waals surface area (Å²) in [6.07, 6.45) is 3.88. The molecule has 0 bridgehead atoms. The summed E-state index contributed by atoms with van der Waals surface area (Å²) in [5.41, 5.74) is 2.09. The van der Waals surface area contributed by atoms with Crippen LogP contribution in [0.2, 0.25) is 0 Å². The second-order valence-electron chi connectivity index (χ2n) is 5.26. The second-order valence-corrected chi connectivity index (χ2v) is 7.34. The van der Waals surface area contributed by atoms with Crippen LogP contribution in [-0.4, -0.2) is 17.4 Å². The van der Waals surface area contributed by atoms with E-state index in [0.717, 1.165) is 26.1 Å². The van der Waals surface area contributed by atoms with Gasteiger partial charge in [-0.2, -0.15) is 0 Å². The number of benzene rings is 1. The zero-order valence-electron chi connectivity index (χ0n) is 10.2. The molecular formula is C14H15BrINO. The highest BCUT2D eigenvalue weighted by atomic mass is 127. The molecule has 3 rings (SSSR count). The average Bonchev–Trinajstić information content (AvgIpc) is 3.08. The highest BCUT2D eigenvalue weighted by Gasteiger charge is 2.36. The molecule has 1 heterocycles. The Balaban J connectivity index is 1.89. The van der Waals surface area contributed by atoms with Crippen LogP contribution in [-0.2, 0) is 0 Å². The molecule has 1 saturated carbocycles. The Bertz CT molecular complexity index is 513. The summed E-state index contributed by atoms with van der Waals surface area (Å²) in [6, 6.07) is 4.34. The van der Waals surface area contributed by atoms with Crippen LogP contribution in [0.15, 0.2) is 16.6 Å². The average molecular weight is 420 g/mol. The predicted molar refractivity (Wildman–Crippen MR) is 83.7 cm³/mol. The summed E-state index contributed by atoms with van der Waals surface area (Å²) in [7, 11) is 0. The maximum atomic E-state index is 12.5. The first-order valence-corrected chi connectivity index (χ1v) is 8.25. The van der Waals surface area contributed by atoms with Gasteiger partial charge in [0, 0.05) is 14.6 Å². The van der Waals surface area contributed by atoms with Gasteiger partial charge in [0.2, 0.25) is 0 Å². The minimum atomic E-state index is 0.218. The Morgan fingerprint density at radius 3 is 2.83 bits per heavy atom. The normalized spacial score (nSPS) is 22.5. The number of hydrogen-bond acceptors (Lipinski definition) is 1. The lowest BCUT2D eigenvalue weighted by atomic mass is 10.1. The van der Waals surface area contributed by atoms with Crippen molar-refractivity contribution in [2.24, 2.45) is 5.92 Å². The fourth-order valence-corrected chi connectivity index (χ4v) is 4.44. The summed E-state index contributed by atoms with van der Waals surface area (Å²) in [4.78, 5) is 14.5. The molecule has 4 heteroatoms. The van der Waals surface area contributed by atoms with Gasteiger partial charge in [0.05, 0.1) is 11.6 Å². The van der Waals surface area contributed by atoms with Crippen LogP contribution in [0.3, 0.4) is 0 Å². The maximum absolute atomic E-state index is 12.5. The Morgan fingerprint density at radius 2 is 2.17 bits per heavy atom. The van der Waals surface area contributed by atoms with E-state index in [-0.39, 0.29) is 11.9 Å². The van der Waals surface area contributed by atoms with Gasteiger partial charge in [-0.3, -0.25) is 4.79 Å². The topological polar surface area (TPSA) is 20.3 Å². The van der Waals surface area contributed by atoms with Crippen molar-refractivity contribution in [1.29, 1.82) is 0 Å². The summed E-state index contributed by atoms with van der Waals surface area (Å²) in [5.74, 6) is 1.09. The maximum Gasteiger partial charge on any atom is 0.255 e. The van der Waals surface area contributed by atoms with Crippen LogP contribution in [0.4, 0.5) is 0 Å². The molecule has 0 aromatic heterocycles. The standard InChI is InChI=1S/C14H15BrINO/c1-8-11-6-10(15)7-12(16)13(11)14(18)17(8)5-4-9-2-3-9/h6-9H,2-5H2,1H3/t8-/m0/s1. The van der Waals surface area contributed by atoms with Crippen LogP contribution >= 0.6 is 38.5 Å². The minimum absolute atomic E-state index is 0.218. The lowest BCUT2D eigenvalue weighted by molar-refractivity contribution is 0.0732. The van der Waals surface area contributed by atoms with Crippen molar-refractivity contribution in [2.45, 2.75) is 32.2 Å². The number of rotatable bonds is 3. The van der Waals surface area contributed by atoms with Gasteiger partial charge in [-0.15, -0.1) is 0 Å². The number of amides is 1. The Hall–Kier alpha value is -0.100. The van der Waals surface area contributed by atoms with Gasteiger partial charge in [-0.05, 0) is 59.5 Å². The number of nitrogens with zero attached hydrogens (tertiary/aromatic N) is 1. The Labute approximate surface area is 129 Å². The number of carbonyl (C=O) groups excluding carboxylic acids is 1. The van der Waals surface area contributed by atoms with E-state index < -0.39 is 0 Å². The minimum Gasteiger partial charge on any atom is -0.332 e. The fourth-order valence-electron chi connectivity index (χ4n) is 2.66. The number of carbonyl (C=O) groups is 1. The molecule has 1 amide bonds. The molecule has 2 nitrogen and oxygen atoms in total. The van der Waals surface area contributed by atoms with Crippen molar-refractivity contribution in [1.82, 2.24) is 4.90 Å². The number of halogens is 2.